The SMILES string of the molecule is C[C@H](C(=O)NC(=O)NC1CC1)N1CCC(Cc2ccccc2)CC1. The van der Waals surface area contributed by atoms with Gasteiger partial charge in [-0.1, -0.05) is 30.3 Å². The molecular weight excluding hydrogens is 302 g/mol. The van der Waals surface area contributed by atoms with E-state index in [4.69, 9.17) is 0 Å². The van der Waals surface area contributed by atoms with Crippen molar-refractivity contribution in [2.75, 3.05) is 13.1 Å². The molecule has 0 spiro atoms. The van der Waals surface area contributed by atoms with E-state index in [2.05, 4.69) is 39.8 Å². The summed E-state index contributed by atoms with van der Waals surface area (Å²) < 4.78 is 0. The average Bonchev–Trinajstić information content (AvgIpc) is 3.39. The Kier molecular flexibility index (Phi) is 5.51. The largest absolute Gasteiger partial charge is 0.335 e. The average molecular weight is 329 g/mol. The Balaban J connectivity index is 1.41. The topological polar surface area (TPSA) is 61.4 Å². The van der Waals surface area contributed by atoms with Gasteiger partial charge < -0.3 is 5.32 Å². The van der Waals surface area contributed by atoms with Gasteiger partial charge in [-0.3, -0.25) is 15.0 Å². The van der Waals surface area contributed by atoms with E-state index in [0.717, 1.165) is 45.2 Å². The normalized spacial score (nSPS) is 20.4. The molecule has 1 aliphatic carbocycles. The molecule has 1 saturated heterocycles. The van der Waals surface area contributed by atoms with Gasteiger partial charge in [-0.2, -0.15) is 0 Å². The fourth-order valence-electron chi connectivity index (χ4n) is 3.32. The van der Waals surface area contributed by atoms with Gasteiger partial charge in [0.2, 0.25) is 5.91 Å². The van der Waals surface area contributed by atoms with Crippen LogP contribution in [0.15, 0.2) is 30.3 Å². The van der Waals surface area contributed by atoms with Gasteiger partial charge in [-0.15, -0.1) is 0 Å². The second-order valence-corrected chi connectivity index (χ2v) is 7.08. The first kappa shape index (κ1) is 17.0. The summed E-state index contributed by atoms with van der Waals surface area (Å²) in [6.07, 6.45) is 5.35. The molecular formula is C19H27N3O2. The molecule has 2 N–H and O–H groups in total. The van der Waals surface area contributed by atoms with Gasteiger partial charge in [0.05, 0.1) is 6.04 Å². The first-order valence-corrected chi connectivity index (χ1v) is 9.01. The summed E-state index contributed by atoms with van der Waals surface area (Å²) in [7, 11) is 0. The molecule has 1 aliphatic heterocycles. The number of urea groups is 1. The molecule has 3 rings (SSSR count). The summed E-state index contributed by atoms with van der Waals surface area (Å²) in [4.78, 5) is 26.1. The molecule has 0 aromatic heterocycles. The van der Waals surface area contributed by atoms with Gasteiger partial charge in [0, 0.05) is 6.04 Å². The summed E-state index contributed by atoms with van der Waals surface area (Å²) in [5.74, 6) is 0.478. The molecule has 1 saturated carbocycles. The molecule has 1 heterocycles. The Morgan fingerprint density at radius 2 is 1.79 bits per heavy atom. The predicted molar refractivity (Wildman–Crippen MR) is 93.6 cm³/mol. The highest BCUT2D eigenvalue weighted by Gasteiger charge is 2.29. The van der Waals surface area contributed by atoms with E-state index in [1.54, 1.807) is 0 Å². The van der Waals surface area contributed by atoms with Crippen LogP contribution in [0.25, 0.3) is 0 Å². The minimum Gasteiger partial charge on any atom is -0.335 e. The zero-order valence-electron chi connectivity index (χ0n) is 14.3. The molecule has 5 heteroatoms. The molecule has 2 aliphatic rings. The Morgan fingerprint density at radius 3 is 2.42 bits per heavy atom. The first-order valence-electron chi connectivity index (χ1n) is 9.01. The number of benzene rings is 1. The van der Waals surface area contributed by atoms with Gasteiger partial charge in [-0.25, -0.2) is 4.79 Å². The van der Waals surface area contributed by atoms with E-state index in [1.807, 2.05) is 13.0 Å². The number of nitrogens with zero attached hydrogens (tertiary/aromatic N) is 1. The molecule has 0 bridgehead atoms. The number of imide groups is 1. The zero-order valence-corrected chi connectivity index (χ0v) is 14.3. The van der Waals surface area contributed by atoms with Crippen molar-refractivity contribution in [3.05, 3.63) is 35.9 Å². The molecule has 3 amide bonds. The Hall–Kier alpha value is -1.88. The van der Waals surface area contributed by atoms with Crippen LogP contribution in [0.3, 0.4) is 0 Å². The van der Waals surface area contributed by atoms with E-state index in [0.29, 0.717) is 5.92 Å². The van der Waals surface area contributed by atoms with Crippen LogP contribution in [0.1, 0.15) is 38.2 Å². The molecule has 2 fully saturated rings. The third kappa shape index (κ3) is 4.81. The van der Waals surface area contributed by atoms with E-state index < -0.39 is 0 Å². The monoisotopic (exact) mass is 329 g/mol. The smallest absolute Gasteiger partial charge is 0.321 e. The lowest BCUT2D eigenvalue weighted by molar-refractivity contribution is -0.125. The quantitative estimate of drug-likeness (QED) is 0.871. The molecule has 130 valence electrons. The Morgan fingerprint density at radius 1 is 1.12 bits per heavy atom. The van der Waals surface area contributed by atoms with Gasteiger partial charge in [0.1, 0.15) is 0 Å². The van der Waals surface area contributed by atoms with Crippen molar-refractivity contribution in [3.63, 3.8) is 0 Å². The van der Waals surface area contributed by atoms with Gasteiger partial charge in [0.15, 0.2) is 0 Å². The molecule has 1 aromatic carbocycles. The maximum absolute atomic E-state index is 12.2. The van der Waals surface area contributed by atoms with Crippen LogP contribution < -0.4 is 10.6 Å². The van der Waals surface area contributed by atoms with Crippen LogP contribution in [-0.2, 0) is 11.2 Å². The second-order valence-electron chi connectivity index (χ2n) is 7.08. The summed E-state index contributed by atoms with van der Waals surface area (Å²) in [6.45, 7) is 3.71. The maximum atomic E-state index is 12.2. The lowest BCUT2D eigenvalue weighted by Crippen LogP contribution is -2.51. The number of hydrogen-bond acceptors (Lipinski definition) is 3. The number of rotatable bonds is 5. The highest BCUT2D eigenvalue weighted by molar-refractivity contribution is 5.96. The Bertz CT molecular complexity index is 563. The fraction of sp³-hybridized carbons (Fsp3) is 0.579. The summed E-state index contributed by atoms with van der Waals surface area (Å²) >= 11 is 0. The molecule has 0 radical (unpaired) electrons. The first-order chi connectivity index (χ1) is 11.6. The minimum absolute atomic E-state index is 0.199. The van der Waals surface area contributed by atoms with Crippen LogP contribution in [0.2, 0.25) is 0 Å². The van der Waals surface area contributed by atoms with Crippen molar-refractivity contribution < 1.29 is 9.59 Å². The summed E-state index contributed by atoms with van der Waals surface area (Å²) in [5.41, 5.74) is 1.39. The molecule has 5 nitrogen and oxygen atoms in total. The lowest BCUT2D eigenvalue weighted by atomic mass is 9.89. The van der Waals surface area contributed by atoms with Crippen LogP contribution >= 0.6 is 0 Å². The number of carbonyl (C=O) groups is 2. The fourth-order valence-corrected chi connectivity index (χ4v) is 3.32. The number of carbonyl (C=O) groups excluding carboxylic acids is 2. The van der Waals surface area contributed by atoms with Crippen LogP contribution in [-0.4, -0.2) is 42.0 Å². The third-order valence-electron chi connectivity index (χ3n) is 5.09. The van der Waals surface area contributed by atoms with Crippen molar-refractivity contribution in [3.8, 4) is 0 Å². The minimum atomic E-state index is -0.353. The van der Waals surface area contributed by atoms with Gasteiger partial charge >= 0.3 is 6.03 Å². The second kappa shape index (κ2) is 7.79. The molecule has 1 atom stereocenters. The maximum Gasteiger partial charge on any atom is 0.321 e. The van der Waals surface area contributed by atoms with Gasteiger partial charge in [0.25, 0.3) is 0 Å². The lowest BCUT2D eigenvalue weighted by Gasteiger charge is -2.35. The highest BCUT2D eigenvalue weighted by Crippen LogP contribution is 2.23. The van der Waals surface area contributed by atoms with Crippen molar-refractivity contribution in [2.45, 2.75) is 51.1 Å². The van der Waals surface area contributed by atoms with Crippen LogP contribution in [0.4, 0.5) is 4.79 Å². The van der Waals surface area contributed by atoms with Crippen molar-refractivity contribution in [1.29, 1.82) is 0 Å². The van der Waals surface area contributed by atoms with Crippen molar-refractivity contribution in [1.82, 2.24) is 15.5 Å². The summed E-state index contributed by atoms with van der Waals surface area (Å²) in [6, 6.07) is 10.2. The van der Waals surface area contributed by atoms with E-state index in [-0.39, 0.29) is 24.0 Å². The standard InChI is InChI=1S/C19H27N3O2/c1-14(18(23)21-19(24)20-17-7-8-17)22-11-9-16(10-12-22)13-15-5-3-2-4-6-15/h2-6,14,16-17H,7-13H2,1H3,(H2,20,21,23,24)/t14-/m1/s1. The number of amides is 3. The van der Waals surface area contributed by atoms with E-state index in [9.17, 15) is 9.59 Å². The summed E-state index contributed by atoms with van der Waals surface area (Å²) in [5, 5.41) is 5.26. The van der Waals surface area contributed by atoms with Crippen LogP contribution in [0.5, 0.6) is 0 Å². The number of hydrogen-bond donors (Lipinski definition) is 2. The third-order valence-corrected chi connectivity index (χ3v) is 5.09. The number of nitrogens with one attached hydrogen (secondary N) is 2. The van der Waals surface area contributed by atoms with Gasteiger partial charge in [-0.05, 0) is 63.6 Å². The number of likely N-dealkylation sites (tertiary alicyclic amines) is 1. The van der Waals surface area contributed by atoms with E-state index >= 15 is 0 Å². The highest BCUT2D eigenvalue weighted by atomic mass is 16.2. The van der Waals surface area contributed by atoms with E-state index in [1.165, 1.54) is 5.56 Å². The Labute approximate surface area is 143 Å². The van der Waals surface area contributed by atoms with Crippen molar-refractivity contribution in [2.24, 2.45) is 5.92 Å². The molecule has 0 unspecified atom stereocenters. The van der Waals surface area contributed by atoms with Crippen LogP contribution in [0, 0.1) is 5.92 Å². The number of piperidine rings is 1. The molecule has 24 heavy (non-hydrogen) atoms. The zero-order chi connectivity index (χ0) is 16.9. The predicted octanol–water partition coefficient (Wildman–Crippen LogP) is 2.32. The van der Waals surface area contributed by atoms with Crippen molar-refractivity contribution >= 4 is 11.9 Å². The molecule has 1 aromatic rings.